The van der Waals surface area contributed by atoms with Crippen LogP contribution in [0, 0.1) is 0 Å². The molecule has 1 aromatic rings. The number of halogens is 1. The Morgan fingerprint density at radius 1 is 1.47 bits per heavy atom. The Bertz CT molecular complexity index is 352. The molecular formula is C11H13ClN2O. The first kappa shape index (κ1) is 11.6. The molecule has 0 bridgehead atoms. The second-order valence-corrected chi connectivity index (χ2v) is 3.42. The predicted molar refractivity (Wildman–Crippen MR) is 61.9 cm³/mol. The molecule has 0 heterocycles. The molecule has 0 aromatic heterocycles. The number of carbonyl (C=O) groups is 1. The summed E-state index contributed by atoms with van der Waals surface area (Å²) in [6.07, 6.45) is 1.62. The van der Waals surface area contributed by atoms with Crippen LogP contribution >= 0.6 is 11.6 Å². The molecular weight excluding hydrogens is 212 g/mol. The summed E-state index contributed by atoms with van der Waals surface area (Å²) < 4.78 is 0. The number of carbonyl (C=O) groups excluding carboxylic acids is 1. The van der Waals surface area contributed by atoms with Crippen LogP contribution in [0.4, 0.5) is 4.79 Å². The Morgan fingerprint density at radius 2 is 2.27 bits per heavy atom. The molecule has 1 rings (SSSR count). The lowest BCUT2D eigenvalue weighted by molar-refractivity contribution is 0.241. The SMILES string of the molecule is C=CCNC(=O)NCc1cccc(Cl)c1. The van der Waals surface area contributed by atoms with Gasteiger partial charge in [-0.25, -0.2) is 4.79 Å². The van der Waals surface area contributed by atoms with E-state index in [0.29, 0.717) is 18.1 Å². The minimum absolute atomic E-state index is 0.213. The number of hydrogen-bond donors (Lipinski definition) is 2. The highest BCUT2D eigenvalue weighted by Crippen LogP contribution is 2.09. The lowest BCUT2D eigenvalue weighted by Crippen LogP contribution is -2.34. The van der Waals surface area contributed by atoms with E-state index in [1.54, 1.807) is 12.1 Å². The molecule has 0 fully saturated rings. The Hall–Kier alpha value is -1.48. The molecule has 0 spiro atoms. The van der Waals surface area contributed by atoms with Crippen LogP contribution in [-0.4, -0.2) is 12.6 Å². The van der Waals surface area contributed by atoms with E-state index in [2.05, 4.69) is 17.2 Å². The van der Waals surface area contributed by atoms with Crippen LogP contribution in [0.5, 0.6) is 0 Å². The van der Waals surface area contributed by atoms with Crippen molar-refractivity contribution in [1.29, 1.82) is 0 Å². The molecule has 80 valence electrons. The van der Waals surface area contributed by atoms with Crippen molar-refractivity contribution in [1.82, 2.24) is 10.6 Å². The molecule has 3 nitrogen and oxygen atoms in total. The topological polar surface area (TPSA) is 41.1 Å². The average molecular weight is 225 g/mol. The van der Waals surface area contributed by atoms with Crippen LogP contribution in [0.2, 0.25) is 5.02 Å². The maximum absolute atomic E-state index is 11.2. The van der Waals surface area contributed by atoms with E-state index in [4.69, 9.17) is 11.6 Å². The van der Waals surface area contributed by atoms with Crippen molar-refractivity contribution in [2.45, 2.75) is 6.54 Å². The summed E-state index contributed by atoms with van der Waals surface area (Å²) in [5.74, 6) is 0. The van der Waals surface area contributed by atoms with Gasteiger partial charge in [-0.15, -0.1) is 6.58 Å². The molecule has 0 saturated carbocycles. The van der Waals surface area contributed by atoms with E-state index in [-0.39, 0.29) is 6.03 Å². The van der Waals surface area contributed by atoms with Crippen molar-refractivity contribution in [3.8, 4) is 0 Å². The summed E-state index contributed by atoms with van der Waals surface area (Å²) in [5, 5.41) is 5.99. The summed E-state index contributed by atoms with van der Waals surface area (Å²) in [4.78, 5) is 11.2. The maximum atomic E-state index is 11.2. The summed E-state index contributed by atoms with van der Waals surface area (Å²) in [5.41, 5.74) is 0.969. The zero-order valence-electron chi connectivity index (χ0n) is 8.29. The summed E-state index contributed by atoms with van der Waals surface area (Å²) in [7, 11) is 0. The van der Waals surface area contributed by atoms with Gasteiger partial charge in [-0.05, 0) is 17.7 Å². The van der Waals surface area contributed by atoms with Crippen LogP contribution in [0.25, 0.3) is 0 Å². The molecule has 0 radical (unpaired) electrons. The number of hydrogen-bond acceptors (Lipinski definition) is 1. The molecule has 15 heavy (non-hydrogen) atoms. The van der Waals surface area contributed by atoms with E-state index in [1.165, 1.54) is 0 Å². The highest BCUT2D eigenvalue weighted by Gasteiger charge is 1.98. The van der Waals surface area contributed by atoms with Gasteiger partial charge in [-0.3, -0.25) is 0 Å². The predicted octanol–water partition coefficient (Wildman–Crippen LogP) is 2.33. The normalized spacial score (nSPS) is 9.40. The Balaban J connectivity index is 2.36. The summed E-state index contributed by atoms with van der Waals surface area (Å²) >= 11 is 5.80. The molecule has 2 amide bonds. The second-order valence-electron chi connectivity index (χ2n) is 2.98. The maximum Gasteiger partial charge on any atom is 0.315 e. The van der Waals surface area contributed by atoms with Gasteiger partial charge in [0, 0.05) is 18.1 Å². The molecule has 0 saturated heterocycles. The first-order valence-electron chi connectivity index (χ1n) is 4.59. The van der Waals surface area contributed by atoms with E-state index >= 15 is 0 Å². The standard InChI is InChI=1S/C11H13ClN2O/c1-2-6-13-11(15)14-8-9-4-3-5-10(12)7-9/h2-5,7H,1,6,8H2,(H2,13,14,15). The molecule has 0 atom stereocenters. The van der Waals surface area contributed by atoms with Crippen LogP contribution in [-0.2, 0) is 6.54 Å². The van der Waals surface area contributed by atoms with Gasteiger partial charge in [0.1, 0.15) is 0 Å². The lowest BCUT2D eigenvalue weighted by atomic mass is 10.2. The van der Waals surface area contributed by atoms with Gasteiger partial charge in [0.2, 0.25) is 0 Å². The van der Waals surface area contributed by atoms with E-state index in [9.17, 15) is 4.79 Å². The van der Waals surface area contributed by atoms with Gasteiger partial charge in [-0.1, -0.05) is 29.8 Å². The van der Waals surface area contributed by atoms with Crippen molar-refractivity contribution in [3.05, 3.63) is 47.5 Å². The van der Waals surface area contributed by atoms with E-state index < -0.39 is 0 Å². The van der Waals surface area contributed by atoms with Crippen molar-refractivity contribution in [2.24, 2.45) is 0 Å². The van der Waals surface area contributed by atoms with Crippen molar-refractivity contribution >= 4 is 17.6 Å². The molecule has 0 aliphatic rings. The molecule has 4 heteroatoms. The first-order chi connectivity index (χ1) is 7.22. The molecule has 0 aliphatic carbocycles. The average Bonchev–Trinajstić information content (AvgIpc) is 2.23. The highest BCUT2D eigenvalue weighted by atomic mass is 35.5. The number of nitrogens with one attached hydrogen (secondary N) is 2. The molecule has 1 aromatic carbocycles. The van der Waals surface area contributed by atoms with Gasteiger partial charge < -0.3 is 10.6 Å². The number of benzene rings is 1. The van der Waals surface area contributed by atoms with Crippen LogP contribution in [0.1, 0.15) is 5.56 Å². The largest absolute Gasteiger partial charge is 0.335 e. The van der Waals surface area contributed by atoms with Crippen molar-refractivity contribution < 1.29 is 4.79 Å². The third kappa shape index (κ3) is 4.51. The highest BCUT2D eigenvalue weighted by molar-refractivity contribution is 6.30. The minimum atomic E-state index is -0.213. The van der Waals surface area contributed by atoms with Crippen LogP contribution < -0.4 is 10.6 Å². The van der Waals surface area contributed by atoms with E-state index in [0.717, 1.165) is 5.56 Å². The van der Waals surface area contributed by atoms with Crippen molar-refractivity contribution in [2.75, 3.05) is 6.54 Å². The van der Waals surface area contributed by atoms with Crippen LogP contribution in [0.3, 0.4) is 0 Å². The van der Waals surface area contributed by atoms with Gasteiger partial charge in [0.25, 0.3) is 0 Å². The zero-order valence-corrected chi connectivity index (χ0v) is 9.05. The summed E-state index contributed by atoms with van der Waals surface area (Å²) in [6.45, 7) is 4.42. The third-order valence-corrected chi connectivity index (χ3v) is 1.98. The quantitative estimate of drug-likeness (QED) is 0.758. The Labute approximate surface area is 94.1 Å². The fourth-order valence-corrected chi connectivity index (χ4v) is 1.27. The molecule has 0 aliphatic heterocycles. The van der Waals surface area contributed by atoms with Gasteiger partial charge in [0.15, 0.2) is 0 Å². The zero-order chi connectivity index (χ0) is 11.1. The second kappa shape index (κ2) is 6.09. The Kier molecular flexibility index (Phi) is 4.71. The first-order valence-corrected chi connectivity index (χ1v) is 4.97. The molecule has 0 unspecified atom stereocenters. The number of amides is 2. The smallest absolute Gasteiger partial charge is 0.315 e. The minimum Gasteiger partial charge on any atom is -0.335 e. The molecule has 2 N–H and O–H groups in total. The van der Waals surface area contributed by atoms with E-state index in [1.807, 2.05) is 18.2 Å². The lowest BCUT2D eigenvalue weighted by Gasteiger charge is -2.05. The monoisotopic (exact) mass is 224 g/mol. The third-order valence-electron chi connectivity index (χ3n) is 1.75. The number of rotatable bonds is 4. The Morgan fingerprint density at radius 3 is 2.93 bits per heavy atom. The van der Waals surface area contributed by atoms with Gasteiger partial charge >= 0.3 is 6.03 Å². The van der Waals surface area contributed by atoms with Crippen molar-refractivity contribution in [3.63, 3.8) is 0 Å². The fourth-order valence-electron chi connectivity index (χ4n) is 1.06. The van der Waals surface area contributed by atoms with Gasteiger partial charge in [-0.2, -0.15) is 0 Å². The summed E-state index contributed by atoms with van der Waals surface area (Å²) in [6, 6.07) is 7.15. The van der Waals surface area contributed by atoms with Gasteiger partial charge in [0.05, 0.1) is 0 Å². The van der Waals surface area contributed by atoms with Crippen LogP contribution in [0.15, 0.2) is 36.9 Å². The fraction of sp³-hybridized carbons (Fsp3) is 0.182. The number of urea groups is 1.